The highest BCUT2D eigenvalue weighted by Crippen LogP contribution is 2.13. The van der Waals surface area contributed by atoms with E-state index in [4.69, 9.17) is 12.2 Å². The minimum Gasteiger partial charge on any atom is -0.240 e. The largest absolute Gasteiger partial charge is 0.240 e. The van der Waals surface area contributed by atoms with Crippen molar-refractivity contribution in [3.05, 3.63) is 4.77 Å². The Kier molecular flexibility index (Phi) is 4.08. The first kappa shape index (κ1) is 10.4. The van der Waals surface area contributed by atoms with Crippen LogP contribution in [-0.2, 0) is 0 Å². The van der Waals surface area contributed by atoms with Crippen LogP contribution in [0.4, 0.5) is 0 Å². The summed E-state index contributed by atoms with van der Waals surface area (Å²) in [5.74, 6) is 0. The topological polar surface area (TPSA) is 46.5 Å². The van der Waals surface area contributed by atoms with Crippen molar-refractivity contribution in [3.8, 4) is 0 Å². The van der Waals surface area contributed by atoms with Crippen molar-refractivity contribution in [2.24, 2.45) is 0 Å². The Morgan fingerprint density at radius 3 is 2.85 bits per heavy atom. The molecule has 1 heterocycles. The van der Waals surface area contributed by atoms with E-state index in [2.05, 4.69) is 29.4 Å². The second-order valence-corrected chi connectivity index (χ2v) is 3.66. The van der Waals surface area contributed by atoms with E-state index in [0.29, 0.717) is 10.8 Å². The van der Waals surface area contributed by atoms with Crippen LogP contribution in [0, 0.1) is 4.77 Å². The number of rotatable bonds is 5. The molecule has 74 valence electrons. The summed E-state index contributed by atoms with van der Waals surface area (Å²) in [6, 6.07) is 0.383. The summed E-state index contributed by atoms with van der Waals surface area (Å²) in [5.41, 5.74) is 0. The van der Waals surface area contributed by atoms with Crippen molar-refractivity contribution in [1.29, 1.82) is 0 Å². The van der Waals surface area contributed by atoms with Crippen molar-refractivity contribution in [3.63, 3.8) is 0 Å². The van der Waals surface area contributed by atoms with Gasteiger partial charge in [0.05, 0.1) is 6.04 Å². The summed E-state index contributed by atoms with van der Waals surface area (Å²) in [6.45, 7) is 4.33. The van der Waals surface area contributed by atoms with E-state index >= 15 is 0 Å². The number of aromatic nitrogens is 4. The van der Waals surface area contributed by atoms with Crippen molar-refractivity contribution in [2.45, 2.75) is 45.6 Å². The molecular formula is C8H16N4S. The first-order valence-corrected chi connectivity index (χ1v) is 5.16. The first-order valence-electron chi connectivity index (χ1n) is 4.75. The van der Waals surface area contributed by atoms with Gasteiger partial charge in [-0.2, -0.15) is 5.21 Å². The maximum Gasteiger partial charge on any atom is 0.238 e. The highest BCUT2D eigenvalue weighted by Gasteiger charge is 2.05. The molecule has 1 aromatic heterocycles. The SMILES string of the molecule is CCCCCC(C)n1[nH]nnc1=S. The summed E-state index contributed by atoms with van der Waals surface area (Å²) in [5, 5.41) is 10.2. The summed E-state index contributed by atoms with van der Waals surface area (Å²) >= 11 is 5.00. The Morgan fingerprint density at radius 2 is 2.31 bits per heavy atom. The molecule has 5 heteroatoms. The van der Waals surface area contributed by atoms with Gasteiger partial charge in [-0.3, -0.25) is 0 Å². The van der Waals surface area contributed by atoms with Gasteiger partial charge < -0.3 is 0 Å². The zero-order chi connectivity index (χ0) is 9.68. The second-order valence-electron chi connectivity index (χ2n) is 3.30. The van der Waals surface area contributed by atoms with Gasteiger partial charge in [0.1, 0.15) is 0 Å². The predicted molar refractivity (Wildman–Crippen MR) is 54.1 cm³/mol. The van der Waals surface area contributed by atoms with Gasteiger partial charge in [0.2, 0.25) is 4.77 Å². The molecule has 0 saturated heterocycles. The molecule has 0 amide bonds. The molecule has 0 bridgehead atoms. The number of aromatic amines is 1. The molecular weight excluding hydrogens is 184 g/mol. The maximum absolute atomic E-state index is 5.00. The van der Waals surface area contributed by atoms with Crippen LogP contribution in [0.25, 0.3) is 0 Å². The lowest BCUT2D eigenvalue weighted by molar-refractivity contribution is 0.425. The number of hydrogen-bond acceptors (Lipinski definition) is 3. The van der Waals surface area contributed by atoms with Gasteiger partial charge in [0, 0.05) is 0 Å². The Bertz CT molecular complexity index is 290. The molecule has 4 nitrogen and oxygen atoms in total. The molecule has 0 spiro atoms. The lowest BCUT2D eigenvalue weighted by Crippen LogP contribution is -2.07. The molecule has 0 fully saturated rings. The monoisotopic (exact) mass is 200 g/mol. The zero-order valence-corrected chi connectivity index (χ0v) is 8.97. The fourth-order valence-electron chi connectivity index (χ4n) is 1.31. The Balaban J connectivity index is 2.44. The quantitative estimate of drug-likeness (QED) is 0.586. The van der Waals surface area contributed by atoms with Crippen molar-refractivity contribution in [1.82, 2.24) is 20.2 Å². The van der Waals surface area contributed by atoms with Gasteiger partial charge in [-0.1, -0.05) is 36.5 Å². The van der Waals surface area contributed by atoms with Crippen molar-refractivity contribution in [2.75, 3.05) is 0 Å². The molecule has 1 aromatic rings. The van der Waals surface area contributed by atoms with E-state index in [0.717, 1.165) is 6.42 Å². The van der Waals surface area contributed by atoms with Gasteiger partial charge in [0.15, 0.2) is 0 Å². The maximum atomic E-state index is 5.00. The third-order valence-electron chi connectivity index (χ3n) is 2.16. The van der Waals surface area contributed by atoms with Crippen LogP contribution in [0.3, 0.4) is 0 Å². The third-order valence-corrected chi connectivity index (χ3v) is 2.44. The number of H-pyrrole nitrogens is 1. The van der Waals surface area contributed by atoms with E-state index in [1.54, 1.807) is 0 Å². The van der Waals surface area contributed by atoms with Crippen molar-refractivity contribution >= 4 is 12.2 Å². The molecule has 1 atom stereocenters. The Morgan fingerprint density at radius 1 is 1.54 bits per heavy atom. The van der Waals surface area contributed by atoms with Crippen LogP contribution in [0.5, 0.6) is 0 Å². The summed E-state index contributed by atoms with van der Waals surface area (Å²) in [7, 11) is 0. The lowest BCUT2D eigenvalue weighted by atomic mass is 10.1. The number of tetrazole rings is 1. The highest BCUT2D eigenvalue weighted by atomic mass is 32.1. The normalized spacial score (nSPS) is 13.1. The van der Waals surface area contributed by atoms with E-state index in [9.17, 15) is 0 Å². The fourth-order valence-corrected chi connectivity index (χ4v) is 1.57. The minimum absolute atomic E-state index is 0.383. The summed E-state index contributed by atoms with van der Waals surface area (Å²) in [4.78, 5) is 0. The molecule has 0 saturated carbocycles. The standard InChI is InChI=1S/C8H16N4S/c1-3-4-5-6-7(2)12-8(13)9-10-11-12/h7H,3-6H2,1-2H3,(H,9,11,13). The van der Waals surface area contributed by atoms with Crippen LogP contribution in [0.15, 0.2) is 0 Å². The van der Waals surface area contributed by atoms with Crippen LogP contribution in [0.1, 0.15) is 45.6 Å². The predicted octanol–water partition coefficient (Wildman–Crippen LogP) is 2.48. The van der Waals surface area contributed by atoms with Crippen LogP contribution >= 0.6 is 12.2 Å². The molecule has 0 aliphatic rings. The molecule has 0 radical (unpaired) electrons. The lowest BCUT2D eigenvalue weighted by Gasteiger charge is -2.10. The average Bonchev–Trinajstić information content (AvgIpc) is 2.52. The third kappa shape index (κ3) is 2.91. The van der Waals surface area contributed by atoms with Gasteiger partial charge in [-0.25, -0.2) is 4.68 Å². The Labute approximate surface area is 83.3 Å². The number of nitrogens with one attached hydrogen (secondary N) is 1. The molecule has 0 aromatic carbocycles. The zero-order valence-electron chi connectivity index (χ0n) is 8.16. The average molecular weight is 200 g/mol. The molecule has 1 rings (SSSR count). The van der Waals surface area contributed by atoms with Gasteiger partial charge >= 0.3 is 0 Å². The molecule has 0 aliphatic heterocycles. The smallest absolute Gasteiger partial charge is 0.238 e. The number of nitrogens with zero attached hydrogens (tertiary/aromatic N) is 3. The fraction of sp³-hybridized carbons (Fsp3) is 0.875. The van der Waals surface area contributed by atoms with Gasteiger partial charge in [-0.05, 0) is 25.6 Å². The first-order chi connectivity index (χ1) is 6.25. The molecule has 1 N–H and O–H groups in total. The van der Waals surface area contributed by atoms with Gasteiger partial charge in [-0.15, -0.1) is 0 Å². The summed E-state index contributed by atoms with van der Waals surface area (Å²) in [6.07, 6.45) is 4.89. The van der Waals surface area contributed by atoms with E-state index < -0.39 is 0 Å². The molecule has 0 aliphatic carbocycles. The van der Waals surface area contributed by atoms with E-state index in [1.165, 1.54) is 19.3 Å². The van der Waals surface area contributed by atoms with Gasteiger partial charge in [0.25, 0.3) is 0 Å². The summed E-state index contributed by atoms with van der Waals surface area (Å²) < 4.78 is 2.38. The van der Waals surface area contributed by atoms with Crippen LogP contribution in [-0.4, -0.2) is 20.2 Å². The second kappa shape index (κ2) is 5.11. The number of unbranched alkanes of at least 4 members (excludes halogenated alkanes) is 2. The van der Waals surface area contributed by atoms with Crippen molar-refractivity contribution < 1.29 is 0 Å². The number of hydrogen-bond donors (Lipinski definition) is 1. The minimum atomic E-state index is 0.383. The van der Waals surface area contributed by atoms with E-state index in [1.807, 2.05) is 4.68 Å². The molecule has 1 unspecified atom stereocenters. The van der Waals surface area contributed by atoms with Crippen LogP contribution < -0.4 is 0 Å². The molecule has 13 heavy (non-hydrogen) atoms. The van der Waals surface area contributed by atoms with Crippen LogP contribution in [0.2, 0.25) is 0 Å². The highest BCUT2D eigenvalue weighted by molar-refractivity contribution is 7.71. The Hall–Kier alpha value is -0.710. The van der Waals surface area contributed by atoms with E-state index in [-0.39, 0.29) is 0 Å².